The molecule has 1 aliphatic rings. The van der Waals surface area contributed by atoms with Crippen LogP contribution < -0.4 is 5.32 Å². The highest BCUT2D eigenvalue weighted by Gasteiger charge is 2.23. The Labute approximate surface area is 87.8 Å². The van der Waals surface area contributed by atoms with Crippen LogP contribution in [0.1, 0.15) is 26.7 Å². The van der Waals surface area contributed by atoms with E-state index in [-0.39, 0.29) is 0 Å². The van der Waals surface area contributed by atoms with Crippen molar-refractivity contribution in [2.45, 2.75) is 38.8 Å². The molecule has 1 unspecified atom stereocenters. The lowest BCUT2D eigenvalue weighted by atomic mass is 10.2. The fraction of sp³-hybridized carbons (Fsp3) is 1.00. The number of nitrogens with one attached hydrogen (secondary N) is 1. The van der Waals surface area contributed by atoms with E-state index >= 15 is 0 Å². The highest BCUT2D eigenvalue weighted by atomic mass is 16.5. The second kappa shape index (κ2) is 6.38. The van der Waals surface area contributed by atoms with Crippen LogP contribution in [0.15, 0.2) is 0 Å². The minimum atomic E-state index is 0.597. The Balaban J connectivity index is 2.21. The summed E-state index contributed by atoms with van der Waals surface area (Å²) < 4.78 is 5.12. The van der Waals surface area contributed by atoms with E-state index in [2.05, 4.69) is 24.1 Å². The second-order valence-electron chi connectivity index (χ2n) is 4.39. The Hall–Kier alpha value is -0.120. The van der Waals surface area contributed by atoms with Crippen molar-refractivity contribution in [1.82, 2.24) is 10.2 Å². The van der Waals surface area contributed by atoms with Crippen LogP contribution in [0.4, 0.5) is 0 Å². The molecule has 14 heavy (non-hydrogen) atoms. The van der Waals surface area contributed by atoms with E-state index in [0.29, 0.717) is 6.04 Å². The molecule has 0 aliphatic carbocycles. The Morgan fingerprint density at radius 3 is 2.93 bits per heavy atom. The Kier molecular flexibility index (Phi) is 5.45. The summed E-state index contributed by atoms with van der Waals surface area (Å²) in [6.07, 6.45) is 2.68. The summed E-state index contributed by atoms with van der Waals surface area (Å²) in [5.41, 5.74) is 0. The molecule has 0 saturated carbocycles. The largest absolute Gasteiger partial charge is 0.383 e. The summed E-state index contributed by atoms with van der Waals surface area (Å²) in [6.45, 7) is 8.72. The summed E-state index contributed by atoms with van der Waals surface area (Å²) in [5.74, 6) is 0. The molecular weight excluding hydrogens is 176 g/mol. The third-order valence-electron chi connectivity index (χ3n) is 2.84. The van der Waals surface area contributed by atoms with E-state index < -0.39 is 0 Å². The fourth-order valence-corrected chi connectivity index (χ4v) is 2.00. The van der Waals surface area contributed by atoms with Crippen molar-refractivity contribution in [2.75, 3.05) is 33.4 Å². The summed E-state index contributed by atoms with van der Waals surface area (Å²) in [6, 6.07) is 1.33. The molecule has 1 N–H and O–H groups in total. The zero-order chi connectivity index (χ0) is 10.4. The van der Waals surface area contributed by atoms with Crippen LogP contribution in [-0.2, 0) is 4.74 Å². The molecule has 1 rings (SSSR count). The van der Waals surface area contributed by atoms with Gasteiger partial charge in [0, 0.05) is 32.3 Å². The minimum Gasteiger partial charge on any atom is -0.383 e. The van der Waals surface area contributed by atoms with E-state index in [4.69, 9.17) is 4.74 Å². The number of methoxy groups -OCH3 is 1. The first-order valence-electron chi connectivity index (χ1n) is 5.70. The van der Waals surface area contributed by atoms with Gasteiger partial charge in [0.05, 0.1) is 6.61 Å². The lowest BCUT2D eigenvalue weighted by molar-refractivity contribution is 0.139. The smallest absolute Gasteiger partial charge is 0.0589 e. The molecule has 3 nitrogen and oxygen atoms in total. The summed E-state index contributed by atoms with van der Waals surface area (Å²) >= 11 is 0. The Morgan fingerprint density at radius 2 is 2.29 bits per heavy atom. The number of hydrogen-bond acceptors (Lipinski definition) is 3. The summed E-state index contributed by atoms with van der Waals surface area (Å²) in [4.78, 5) is 2.54. The predicted molar refractivity (Wildman–Crippen MR) is 59.6 cm³/mol. The quantitative estimate of drug-likeness (QED) is 0.695. The SMILES string of the molecule is COCCN1CCCC1CNC(C)C. The van der Waals surface area contributed by atoms with E-state index in [1.54, 1.807) is 7.11 Å². The van der Waals surface area contributed by atoms with Crippen molar-refractivity contribution in [3.8, 4) is 0 Å². The molecule has 84 valence electrons. The van der Waals surface area contributed by atoms with Crippen molar-refractivity contribution < 1.29 is 4.74 Å². The zero-order valence-electron chi connectivity index (χ0n) is 9.75. The summed E-state index contributed by atoms with van der Waals surface area (Å²) in [7, 11) is 1.78. The predicted octanol–water partition coefficient (Wildman–Crippen LogP) is 1.10. The van der Waals surface area contributed by atoms with Crippen molar-refractivity contribution in [2.24, 2.45) is 0 Å². The first-order chi connectivity index (χ1) is 6.74. The molecule has 0 spiro atoms. The second-order valence-corrected chi connectivity index (χ2v) is 4.39. The highest BCUT2D eigenvalue weighted by Crippen LogP contribution is 2.15. The van der Waals surface area contributed by atoms with Crippen molar-refractivity contribution >= 4 is 0 Å². The summed E-state index contributed by atoms with van der Waals surface area (Å²) in [5, 5.41) is 3.51. The topological polar surface area (TPSA) is 24.5 Å². The molecular formula is C11H24N2O. The molecule has 0 amide bonds. The van der Waals surface area contributed by atoms with Crippen molar-refractivity contribution in [3.63, 3.8) is 0 Å². The van der Waals surface area contributed by atoms with Gasteiger partial charge in [0.2, 0.25) is 0 Å². The van der Waals surface area contributed by atoms with E-state index in [1.807, 2.05) is 0 Å². The van der Waals surface area contributed by atoms with Gasteiger partial charge in [0.25, 0.3) is 0 Å². The molecule has 0 aromatic heterocycles. The molecule has 0 bridgehead atoms. The van der Waals surface area contributed by atoms with Crippen molar-refractivity contribution in [1.29, 1.82) is 0 Å². The number of hydrogen-bond donors (Lipinski definition) is 1. The maximum atomic E-state index is 5.12. The molecule has 1 atom stereocenters. The average Bonchev–Trinajstić information content (AvgIpc) is 2.58. The average molecular weight is 200 g/mol. The van der Waals surface area contributed by atoms with Gasteiger partial charge < -0.3 is 10.1 Å². The van der Waals surface area contributed by atoms with E-state index in [1.165, 1.54) is 19.4 Å². The van der Waals surface area contributed by atoms with Gasteiger partial charge in [-0.2, -0.15) is 0 Å². The van der Waals surface area contributed by atoms with Crippen molar-refractivity contribution in [3.05, 3.63) is 0 Å². The highest BCUT2D eigenvalue weighted by molar-refractivity contribution is 4.81. The number of nitrogens with zero attached hydrogens (tertiary/aromatic N) is 1. The monoisotopic (exact) mass is 200 g/mol. The molecule has 1 fully saturated rings. The van der Waals surface area contributed by atoms with Gasteiger partial charge in [0.15, 0.2) is 0 Å². The van der Waals surface area contributed by atoms with Gasteiger partial charge in [-0.3, -0.25) is 4.90 Å². The van der Waals surface area contributed by atoms with Crippen LogP contribution in [0, 0.1) is 0 Å². The first kappa shape index (κ1) is 12.0. The molecule has 3 heteroatoms. The van der Waals surface area contributed by atoms with Crippen LogP contribution in [0.25, 0.3) is 0 Å². The van der Waals surface area contributed by atoms with E-state index in [0.717, 1.165) is 25.7 Å². The lowest BCUT2D eigenvalue weighted by Crippen LogP contribution is -2.41. The molecule has 0 aromatic carbocycles. The van der Waals surface area contributed by atoms with Crippen LogP contribution in [-0.4, -0.2) is 50.3 Å². The zero-order valence-corrected chi connectivity index (χ0v) is 9.75. The number of ether oxygens (including phenoxy) is 1. The number of likely N-dealkylation sites (tertiary alicyclic amines) is 1. The normalized spacial score (nSPS) is 23.6. The van der Waals surface area contributed by atoms with Gasteiger partial charge in [0.1, 0.15) is 0 Å². The van der Waals surface area contributed by atoms with E-state index in [9.17, 15) is 0 Å². The van der Waals surface area contributed by atoms with Gasteiger partial charge in [-0.1, -0.05) is 13.8 Å². The molecule has 1 saturated heterocycles. The van der Waals surface area contributed by atoms with Crippen LogP contribution >= 0.6 is 0 Å². The number of rotatable bonds is 6. The van der Waals surface area contributed by atoms with Gasteiger partial charge >= 0.3 is 0 Å². The van der Waals surface area contributed by atoms with Crippen LogP contribution in [0.3, 0.4) is 0 Å². The molecule has 1 heterocycles. The third-order valence-corrected chi connectivity index (χ3v) is 2.84. The standard InChI is InChI=1S/C11H24N2O/c1-10(2)12-9-11-5-4-6-13(11)7-8-14-3/h10-12H,4-9H2,1-3H3. The van der Waals surface area contributed by atoms with Crippen LogP contribution in [0.5, 0.6) is 0 Å². The Bertz CT molecular complexity index is 150. The maximum Gasteiger partial charge on any atom is 0.0589 e. The first-order valence-corrected chi connectivity index (χ1v) is 5.70. The molecule has 0 radical (unpaired) electrons. The lowest BCUT2D eigenvalue weighted by Gasteiger charge is -2.25. The fourth-order valence-electron chi connectivity index (χ4n) is 2.00. The van der Waals surface area contributed by atoms with Gasteiger partial charge in [-0.05, 0) is 19.4 Å². The van der Waals surface area contributed by atoms with Gasteiger partial charge in [-0.25, -0.2) is 0 Å². The minimum absolute atomic E-state index is 0.597. The molecule has 1 aliphatic heterocycles. The van der Waals surface area contributed by atoms with Gasteiger partial charge in [-0.15, -0.1) is 0 Å². The third kappa shape index (κ3) is 3.95. The van der Waals surface area contributed by atoms with Crippen LogP contribution in [0.2, 0.25) is 0 Å². The maximum absolute atomic E-state index is 5.12. The molecule has 0 aromatic rings. The Morgan fingerprint density at radius 1 is 1.50 bits per heavy atom.